The molecule has 0 saturated heterocycles. The molecule has 0 aromatic heterocycles. The van der Waals surface area contributed by atoms with Crippen LogP contribution in [0.2, 0.25) is 0 Å². The third-order valence-corrected chi connectivity index (χ3v) is 2.96. The van der Waals surface area contributed by atoms with Crippen LogP contribution >= 0.6 is 0 Å². The lowest BCUT2D eigenvalue weighted by atomic mass is 10.2. The molecule has 0 heterocycles. The van der Waals surface area contributed by atoms with Gasteiger partial charge < -0.3 is 4.90 Å². The zero-order chi connectivity index (χ0) is 6.43. The van der Waals surface area contributed by atoms with Gasteiger partial charge in [-0.3, -0.25) is 0 Å². The van der Waals surface area contributed by atoms with E-state index in [0.717, 1.165) is 17.9 Å². The lowest BCUT2D eigenvalue weighted by molar-refractivity contribution is 0.346. The van der Waals surface area contributed by atoms with Crippen LogP contribution in [0.25, 0.3) is 0 Å². The van der Waals surface area contributed by atoms with Crippen molar-refractivity contribution in [3.8, 4) is 0 Å². The smallest absolute Gasteiger partial charge is 0.0152 e. The lowest BCUT2D eigenvalue weighted by Gasteiger charge is -2.10. The van der Waals surface area contributed by atoms with Gasteiger partial charge in [-0.1, -0.05) is 6.42 Å². The first-order valence-corrected chi connectivity index (χ1v) is 3.97. The van der Waals surface area contributed by atoms with Crippen molar-refractivity contribution < 1.29 is 0 Å². The molecule has 0 N–H and O–H groups in total. The molecule has 52 valence electrons. The number of hydrogen-bond acceptors (Lipinski definition) is 1. The van der Waals surface area contributed by atoms with Crippen molar-refractivity contribution in [3.63, 3.8) is 0 Å². The first-order valence-electron chi connectivity index (χ1n) is 3.97. The van der Waals surface area contributed by atoms with Crippen LogP contribution in [0.4, 0.5) is 0 Å². The zero-order valence-corrected chi connectivity index (χ0v) is 6.30. The molecule has 0 amide bonds. The van der Waals surface area contributed by atoms with Crippen LogP contribution in [0.1, 0.15) is 19.3 Å². The SMILES string of the molecule is CN(C)C1[C@H]2CCC[C@@H]12. The normalized spacial score (nSPS) is 47.7. The van der Waals surface area contributed by atoms with Crippen LogP contribution in [0, 0.1) is 11.8 Å². The highest BCUT2D eigenvalue weighted by molar-refractivity contribution is 5.06. The van der Waals surface area contributed by atoms with Crippen molar-refractivity contribution in [3.05, 3.63) is 0 Å². The molecule has 3 atom stereocenters. The molecule has 2 aliphatic rings. The zero-order valence-electron chi connectivity index (χ0n) is 6.30. The monoisotopic (exact) mass is 125 g/mol. The molecule has 0 radical (unpaired) electrons. The van der Waals surface area contributed by atoms with Crippen molar-refractivity contribution in [1.82, 2.24) is 4.90 Å². The largest absolute Gasteiger partial charge is 0.306 e. The summed E-state index contributed by atoms with van der Waals surface area (Å²) in [4.78, 5) is 2.40. The minimum Gasteiger partial charge on any atom is -0.306 e. The molecule has 0 bridgehead atoms. The highest BCUT2D eigenvalue weighted by Crippen LogP contribution is 2.53. The second kappa shape index (κ2) is 1.72. The van der Waals surface area contributed by atoms with Crippen LogP contribution in [-0.4, -0.2) is 25.0 Å². The molecular weight excluding hydrogens is 110 g/mol. The van der Waals surface area contributed by atoms with Crippen LogP contribution in [0.3, 0.4) is 0 Å². The molecule has 9 heavy (non-hydrogen) atoms. The van der Waals surface area contributed by atoms with Crippen molar-refractivity contribution >= 4 is 0 Å². The van der Waals surface area contributed by atoms with Crippen molar-refractivity contribution in [1.29, 1.82) is 0 Å². The van der Waals surface area contributed by atoms with Gasteiger partial charge in [0, 0.05) is 6.04 Å². The van der Waals surface area contributed by atoms with Crippen LogP contribution in [0.5, 0.6) is 0 Å². The number of fused-ring (bicyclic) bond motifs is 1. The summed E-state index contributed by atoms with van der Waals surface area (Å²) in [6.45, 7) is 0. The number of nitrogens with zero attached hydrogens (tertiary/aromatic N) is 1. The Morgan fingerprint density at radius 1 is 1.11 bits per heavy atom. The Labute approximate surface area is 57.0 Å². The third kappa shape index (κ3) is 0.710. The summed E-state index contributed by atoms with van der Waals surface area (Å²) in [6.07, 6.45) is 4.51. The quantitative estimate of drug-likeness (QED) is 0.511. The van der Waals surface area contributed by atoms with E-state index in [1.165, 1.54) is 19.3 Å². The van der Waals surface area contributed by atoms with Crippen molar-refractivity contribution in [2.24, 2.45) is 11.8 Å². The summed E-state index contributed by atoms with van der Waals surface area (Å²) in [7, 11) is 4.42. The predicted molar refractivity (Wildman–Crippen MR) is 38.3 cm³/mol. The van der Waals surface area contributed by atoms with E-state index >= 15 is 0 Å². The Kier molecular flexibility index (Phi) is 1.10. The van der Waals surface area contributed by atoms with Gasteiger partial charge in [0.1, 0.15) is 0 Å². The van der Waals surface area contributed by atoms with E-state index in [0.29, 0.717) is 0 Å². The summed E-state index contributed by atoms with van der Waals surface area (Å²) in [5.74, 6) is 2.19. The topological polar surface area (TPSA) is 3.24 Å². The Hall–Kier alpha value is -0.0400. The summed E-state index contributed by atoms with van der Waals surface area (Å²) < 4.78 is 0. The van der Waals surface area contributed by atoms with E-state index in [1.807, 2.05) is 0 Å². The molecule has 2 aliphatic carbocycles. The van der Waals surface area contributed by atoms with E-state index in [9.17, 15) is 0 Å². The van der Waals surface area contributed by atoms with Gasteiger partial charge >= 0.3 is 0 Å². The molecule has 2 rings (SSSR count). The van der Waals surface area contributed by atoms with E-state index in [-0.39, 0.29) is 0 Å². The Balaban J connectivity index is 1.94. The molecule has 2 saturated carbocycles. The lowest BCUT2D eigenvalue weighted by Crippen LogP contribution is -2.18. The standard InChI is InChI=1S/C8H15N/c1-9(2)8-6-4-3-5-7(6)8/h6-8H,3-5H2,1-2H3/t6-,7+,8?. The van der Waals surface area contributed by atoms with Gasteiger partial charge in [0.2, 0.25) is 0 Å². The second-order valence-corrected chi connectivity index (χ2v) is 3.71. The first-order chi connectivity index (χ1) is 4.30. The van der Waals surface area contributed by atoms with Gasteiger partial charge in [-0.2, -0.15) is 0 Å². The van der Waals surface area contributed by atoms with Gasteiger partial charge in [0.25, 0.3) is 0 Å². The van der Waals surface area contributed by atoms with Gasteiger partial charge in [0.15, 0.2) is 0 Å². The molecule has 1 unspecified atom stereocenters. The van der Waals surface area contributed by atoms with Crippen molar-refractivity contribution in [2.75, 3.05) is 14.1 Å². The highest BCUT2D eigenvalue weighted by atomic mass is 15.2. The maximum atomic E-state index is 2.40. The van der Waals surface area contributed by atoms with Crippen LogP contribution in [-0.2, 0) is 0 Å². The van der Waals surface area contributed by atoms with Crippen LogP contribution < -0.4 is 0 Å². The molecule has 2 fully saturated rings. The fourth-order valence-corrected chi connectivity index (χ4v) is 2.55. The molecule has 0 spiro atoms. The minimum atomic E-state index is 0.971. The Bertz CT molecular complexity index is 110. The van der Waals surface area contributed by atoms with Gasteiger partial charge in [-0.25, -0.2) is 0 Å². The van der Waals surface area contributed by atoms with E-state index in [1.54, 1.807) is 0 Å². The maximum absolute atomic E-state index is 2.40. The van der Waals surface area contributed by atoms with Crippen molar-refractivity contribution in [2.45, 2.75) is 25.3 Å². The molecule has 1 nitrogen and oxygen atoms in total. The van der Waals surface area contributed by atoms with E-state index < -0.39 is 0 Å². The number of rotatable bonds is 1. The van der Waals surface area contributed by atoms with Gasteiger partial charge in [0.05, 0.1) is 0 Å². The molecular formula is C8H15N. The molecule has 1 heteroatoms. The average molecular weight is 125 g/mol. The summed E-state index contributed by atoms with van der Waals surface area (Å²) >= 11 is 0. The third-order valence-electron chi connectivity index (χ3n) is 2.96. The summed E-state index contributed by atoms with van der Waals surface area (Å²) in [5, 5.41) is 0. The Morgan fingerprint density at radius 2 is 1.67 bits per heavy atom. The summed E-state index contributed by atoms with van der Waals surface area (Å²) in [5.41, 5.74) is 0. The summed E-state index contributed by atoms with van der Waals surface area (Å²) in [6, 6.07) is 0.971. The molecule has 0 aromatic rings. The van der Waals surface area contributed by atoms with Gasteiger partial charge in [-0.15, -0.1) is 0 Å². The minimum absolute atomic E-state index is 0.971. The van der Waals surface area contributed by atoms with E-state index in [2.05, 4.69) is 19.0 Å². The first kappa shape index (κ1) is 5.72. The van der Waals surface area contributed by atoms with E-state index in [4.69, 9.17) is 0 Å². The van der Waals surface area contributed by atoms with Crippen LogP contribution in [0.15, 0.2) is 0 Å². The predicted octanol–water partition coefficient (Wildman–Crippen LogP) is 1.35. The average Bonchev–Trinajstić information content (AvgIpc) is 2.30. The Morgan fingerprint density at radius 3 is 2.00 bits per heavy atom. The molecule has 0 aromatic carbocycles. The van der Waals surface area contributed by atoms with Gasteiger partial charge in [-0.05, 0) is 38.8 Å². The maximum Gasteiger partial charge on any atom is 0.0152 e. The molecule has 0 aliphatic heterocycles. The fourth-order valence-electron chi connectivity index (χ4n) is 2.55. The number of hydrogen-bond donors (Lipinski definition) is 0. The highest BCUT2D eigenvalue weighted by Gasteiger charge is 2.53. The fraction of sp³-hybridized carbons (Fsp3) is 1.00. The second-order valence-electron chi connectivity index (χ2n) is 3.71.